The maximum atomic E-state index is 11.7. The molecule has 0 aromatic carbocycles. The number of carbonyl (C=O) groups excluding carboxylic acids is 2. The molecule has 1 atom stereocenters. The van der Waals surface area contributed by atoms with E-state index in [-0.39, 0.29) is 23.8 Å². The third-order valence-electron chi connectivity index (χ3n) is 6.30. The van der Waals surface area contributed by atoms with E-state index >= 15 is 0 Å². The zero-order valence-electron chi connectivity index (χ0n) is 11.9. The number of likely N-dealkylation sites (tertiary alicyclic amines) is 1. The Bertz CT molecular complexity index is 407. The quantitative estimate of drug-likeness (QED) is 0.799. The third-order valence-corrected chi connectivity index (χ3v) is 6.30. The summed E-state index contributed by atoms with van der Waals surface area (Å²) in [4.78, 5) is 24.8. The minimum absolute atomic E-state index is 0.00208. The number of β-amino-alcohol motifs (C(OH)–C–C–N with tert-alkyl or cyclic N) is 1. The Morgan fingerprint density at radius 1 is 1.00 bits per heavy atom. The van der Waals surface area contributed by atoms with Gasteiger partial charge in [-0.15, -0.1) is 0 Å². The van der Waals surface area contributed by atoms with E-state index in [4.69, 9.17) is 0 Å². The number of rotatable bonds is 3. The van der Waals surface area contributed by atoms with Crippen molar-refractivity contribution in [1.29, 1.82) is 0 Å². The molecule has 0 aromatic heterocycles. The number of carbonyl (C=O) groups is 2. The molecule has 4 heteroatoms. The first kappa shape index (κ1) is 12.8. The summed E-state index contributed by atoms with van der Waals surface area (Å²) in [5.41, 5.74) is -0.00208. The fraction of sp³-hybridized carbons (Fsp3) is 0.875. The van der Waals surface area contributed by atoms with Gasteiger partial charge in [-0.3, -0.25) is 14.5 Å². The van der Waals surface area contributed by atoms with Gasteiger partial charge in [0.25, 0.3) is 0 Å². The highest BCUT2D eigenvalue weighted by molar-refractivity contribution is 6.01. The molecule has 1 aliphatic heterocycles. The first-order valence-electron chi connectivity index (χ1n) is 8.07. The van der Waals surface area contributed by atoms with Crippen LogP contribution in [0.3, 0.4) is 0 Å². The molecule has 0 radical (unpaired) electrons. The minimum Gasteiger partial charge on any atom is -0.391 e. The van der Waals surface area contributed by atoms with Gasteiger partial charge >= 0.3 is 0 Å². The number of hydrogen-bond acceptors (Lipinski definition) is 3. The van der Waals surface area contributed by atoms with E-state index in [0.717, 1.165) is 37.0 Å². The maximum absolute atomic E-state index is 11.7. The Kier molecular flexibility index (Phi) is 2.75. The molecule has 20 heavy (non-hydrogen) atoms. The number of amides is 2. The second kappa shape index (κ2) is 4.30. The summed E-state index contributed by atoms with van der Waals surface area (Å²) in [6, 6.07) is 0. The van der Waals surface area contributed by atoms with E-state index in [1.807, 2.05) is 0 Å². The van der Waals surface area contributed by atoms with Crippen molar-refractivity contribution < 1.29 is 14.7 Å². The van der Waals surface area contributed by atoms with Gasteiger partial charge in [0.05, 0.1) is 12.6 Å². The second-order valence-electron chi connectivity index (χ2n) is 7.69. The average Bonchev–Trinajstić information content (AvgIpc) is 2.69. The molecule has 110 valence electrons. The summed E-state index contributed by atoms with van der Waals surface area (Å²) in [7, 11) is 0. The van der Waals surface area contributed by atoms with E-state index in [1.165, 1.54) is 24.2 Å². The Morgan fingerprint density at radius 3 is 1.90 bits per heavy atom. The fourth-order valence-corrected chi connectivity index (χ4v) is 5.78. The second-order valence-corrected chi connectivity index (χ2v) is 7.69. The Morgan fingerprint density at radius 2 is 1.45 bits per heavy atom. The third kappa shape index (κ3) is 1.84. The van der Waals surface area contributed by atoms with Crippen LogP contribution in [0.2, 0.25) is 0 Å². The molecule has 4 aliphatic carbocycles. The van der Waals surface area contributed by atoms with Crippen LogP contribution in [0.5, 0.6) is 0 Å². The minimum atomic E-state index is -0.512. The first-order chi connectivity index (χ1) is 9.56. The SMILES string of the molecule is O=C1CCC(=O)N1CC(O)C12CC3CC(CC(C3)C1)C2. The smallest absolute Gasteiger partial charge is 0.229 e. The molecule has 5 rings (SSSR count). The van der Waals surface area contributed by atoms with Crippen LogP contribution in [0, 0.1) is 23.2 Å². The van der Waals surface area contributed by atoms with Gasteiger partial charge in [0.15, 0.2) is 0 Å². The molecule has 0 spiro atoms. The Balaban J connectivity index is 1.52. The molecule has 5 aliphatic rings. The number of nitrogens with zero attached hydrogens (tertiary/aromatic N) is 1. The largest absolute Gasteiger partial charge is 0.391 e. The van der Waals surface area contributed by atoms with Crippen molar-refractivity contribution in [3.8, 4) is 0 Å². The molecule has 4 nitrogen and oxygen atoms in total. The van der Waals surface area contributed by atoms with Gasteiger partial charge in [0.2, 0.25) is 11.8 Å². The standard InChI is InChI=1S/C16H23NO3/c18-13(9-17-14(19)1-2-15(17)20)16-6-10-3-11(7-16)5-12(4-10)8-16/h10-13,18H,1-9H2. The predicted molar refractivity (Wildman–Crippen MR) is 72.6 cm³/mol. The fourth-order valence-electron chi connectivity index (χ4n) is 5.78. The molecule has 1 unspecified atom stereocenters. The van der Waals surface area contributed by atoms with Gasteiger partial charge < -0.3 is 5.11 Å². The molecule has 2 amide bonds. The summed E-state index contributed by atoms with van der Waals surface area (Å²) in [6.07, 6.45) is 7.48. The lowest BCUT2D eigenvalue weighted by molar-refractivity contribution is -0.149. The van der Waals surface area contributed by atoms with Crippen molar-refractivity contribution in [1.82, 2.24) is 4.90 Å². The molecule has 1 N–H and O–H groups in total. The van der Waals surface area contributed by atoms with Gasteiger partial charge in [0, 0.05) is 12.8 Å². The van der Waals surface area contributed by atoms with E-state index in [2.05, 4.69) is 0 Å². The molecular formula is C16H23NO3. The molecule has 1 saturated heterocycles. The lowest BCUT2D eigenvalue weighted by Gasteiger charge is -2.58. The molecule has 4 bridgehead atoms. The van der Waals surface area contributed by atoms with Gasteiger partial charge in [0.1, 0.15) is 0 Å². The van der Waals surface area contributed by atoms with Crippen molar-refractivity contribution in [2.45, 2.75) is 57.5 Å². The van der Waals surface area contributed by atoms with E-state index < -0.39 is 6.10 Å². The number of imide groups is 1. The Hall–Kier alpha value is -0.900. The number of hydrogen-bond donors (Lipinski definition) is 1. The maximum Gasteiger partial charge on any atom is 0.229 e. The van der Waals surface area contributed by atoms with Crippen LogP contribution in [0.25, 0.3) is 0 Å². The summed E-state index contributed by atoms with van der Waals surface area (Å²) in [5.74, 6) is 2.14. The average molecular weight is 277 g/mol. The van der Waals surface area contributed by atoms with Crippen molar-refractivity contribution >= 4 is 11.8 Å². The van der Waals surface area contributed by atoms with Gasteiger partial charge in [-0.2, -0.15) is 0 Å². The summed E-state index contributed by atoms with van der Waals surface area (Å²) < 4.78 is 0. The molecular weight excluding hydrogens is 254 g/mol. The molecule has 1 heterocycles. The normalized spacial score (nSPS) is 44.5. The van der Waals surface area contributed by atoms with Gasteiger partial charge in [-0.1, -0.05) is 0 Å². The number of aliphatic hydroxyl groups excluding tert-OH is 1. The molecule has 5 fully saturated rings. The number of aliphatic hydroxyl groups is 1. The van der Waals surface area contributed by atoms with Crippen LogP contribution in [0.1, 0.15) is 51.4 Å². The lowest BCUT2D eigenvalue weighted by Crippen LogP contribution is -2.55. The monoisotopic (exact) mass is 277 g/mol. The highest BCUT2D eigenvalue weighted by Gasteiger charge is 2.54. The van der Waals surface area contributed by atoms with Crippen molar-refractivity contribution in [3.05, 3.63) is 0 Å². The van der Waals surface area contributed by atoms with E-state index in [0.29, 0.717) is 12.8 Å². The van der Waals surface area contributed by atoms with Gasteiger partial charge in [-0.25, -0.2) is 0 Å². The predicted octanol–water partition coefficient (Wildman–Crippen LogP) is 1.71. The van der Waals surface area contributed by atoms with Crippen molar-refractivity contribution in [2.75, 3.05) is 6.54 Å². The van der Waals surface area contributed by atoms with E-state index in [1.54, 1.807) is 0 Å². The van der Waals surface area contributed by atoms with Crippen LogP contribution < -0.4 is 0 Å². The highest BCUT2D eigenvalue weighted by atomic mass is 16.3. The Labute approximate surface area is 119 Å². The molecule has 4 saturated carbocycles. The van der Waals surface area contributed by atoms with Crippen LogP contribution in [0.4, 0.5) is 0 Å². The van der Waals surface area contributed by atoms with E-state index in [9.17, 15) is 14.7 Å². The zero-order chi connectivity index (χ0) is 13.9. The summed E-state index contributed by atoms with van der Waals surface area (Å²) >= 11 is 0. The van der Waals surface area contributed by atoms with Gasteiger partial charge in [-0.05, 0) is 61.7 Å². The summed E-state index contributed by atoms with van der Waals surface area (Å²) in [6.45, 7) is 0.240. The van der Waals surface area contributed by atoms with Crippen LogP contribution in [0.15, 0.2) is 0 Å². The molecule has 0 aromatic rings. The van der Waals surface area contributed by atoms with Crippen molar-refractivity contribution in [2.24, 2.45) is 23.2 Å². The van der Waals surface area contributed by atoms with Crippen molar-refractivity contribution in [3.63, 3.8) is 0 Å². The van der Waals surface area contributed by atoms with Crippen LogP contribution in [-0.2, 0) is 9.59 Å². The lowest BCUT2D eigenvalue weighted by atomic mass is 9.48. The topological polar surface area (TPSA) is 57.6 Å². The zero-order valence-corrected chi connectivity index (χ0v) is 11.9. The highest BCUT2D eigenvalue weighted by Crippen LogP contribution is 2.61. The first-order valence-corrected chi connectivity index (χ1v) is 8.07. The van der Waals surface area contributed by atoms with Crippen LogP contribution >= 0.6 is 0 Å². The summed E-state index contributed by atoms with van der Waals surface area (Å²) in [5, 5.41) is 10.8. The van der Waals surface area contributed by atoms with Crippen LogP contribution in [-0.4, -0.2) is 34.5 Å².